The van der Waals surface area contributed by atoms with Gasteiger partial charge in [0.2, 0.25) is 15.9 Å². The summed E-state index contributed by atoms with van der Waals surface area (Å²) in [5.41, 5.74) is 0. The number of carbonyl (C=O) groups excluding carboxylic acids is 1. The molecule has 0 radical (unpaired) electrons. The van der Waals surface area contributed by atoms with Gasteiger partial charge in [-0.15, -0.1) is 0 Å². The Balaban J connectivity index is 1.75. The van der Waals surface area contributed by atoms with E-state index in [1.807, 2.05) is 0 Å². The maximum atomic E-state index is 13.0. The topological polar surface area (TPSA) is 66.5 Å². The molecule has 1 saturated carbocycles. The van der Waals surface area contributed by atoms with Crippen molar-refractivity contribution in [2.24, 2.45) is 0 Å². The van der Waals surface area contributed by atoms with Gasteiger partial charge in [-0.05, 0) is 37.8 Å². The van der Waals surface area contributed by atoms with E-state index in [0.717, 1.165) is 38.5 Å². The van der Waals surface area contributed by atoms with Gasteiger partial charge in [0.1, 0.15) is 6.04 Å². The molecule has 1 aliphatic carbocycles. The number of nitrogens with zero attached hydrogens (tertiary/aromatic N) is 1. The van der Waals surface area contributed by atoms with E-state index in [0.29, 0.717) is 13.0 Å². The first kappa shape index (κ1) is 18.4. The first-order valence-electron chi connectivity index (χ1n) is 9.46. The van der Waals surface area contributed by atoms with Gasteiger partial charge in [0.25, 0.3) is 0 Å². The van der Waals surface area contributed by atoms with Gasteiger partial charge in [0.15, 0.2) is 0 Å². The van der Waals surface area contributed by atoms with Crippen LogP contribution in [0.2, 0.25) is 0 Å². The maximum Gasteiger partial charge on any atom is 0.243 e. The monoisotopic (exact) mass is 364 g/mol. The third-order valence-corrected chi connectivity index (χ3v) is 7.23. The zero-order chi connectivity index (χ0) is 17.7. The molecule has 1 aromatic carbocycles. The van der Waals surface area contributed by atoms with Crippen molar-refractivity contribution in [2.45, 2.75) is 74.8 Å². The summed E-state index contributed by atoms with van der Waals surface area (Å²) in [4.78, 5) is 13.1. The second kappa shape index (κ2) is 8.32. The molecule has 1 heterocycles. The molecule has 0 bridgehead atoms. The molecule has 1 saturated heterocycles. The molecule has 1 aliphatic heterocycles. The first-order chi connectivity index (χ1) is 12.1. The zero-order valence-corrected chi connectivity index (χ0v) is 15.5. The van der Waals surface area contributed by atoms with Crippen molar-refractivity contribution in [3.05, 3.63) is 30.3 Å². The highest BCUT2D eigenvalue weighted by Crippen LogP contribution is 2.26. The molecule has 1 N–H and O–H groups in total. The van der Waals surface area contributed by atoms with E-state index in [2.05, 4.69) is 5.32 Å². The second-order valence-corrected chi connectivity index (χ2v) is 9.03. The molecule has 6 heteroatoms. The molecule has 2 fully saturated rings. The van der Waals surface area contributed by atoms with Crippen LogP contribution >= 0.6 is 0 Å². The van der Waals surface area contributed by atoms with Crippen molar-refractivity contribution in [2.75, 3.05) is 6.54 Å². The fourth-order valence-corrected chi connectivity index (χ4v) is 5.58. The predicted molar refractivity (Wildman–Crippen MR) is 97.6 cm³/mol. The van der Waals surface area contributed by atoms with Crippen molar-refractivity contribution in [3.8, 4) is 0 Å². The molecule has 138 valence electrons. The number of hydrogen-bond acceptors (Lipinski definition) is 3. The van der Waals surface area contributed by atoms with E-state index in [-0.39, 0.29) is 16.8 Å². The average Bonchev–Trinajstić information content (AvgIpc) is 2.91. The van der Waals surface area contributed by atoms with Crippen molar-refractivity contribution in [1.29, 1.82) is 0 Å². The molecule has 3 rings (SSSR count). The summed E-state index contributed by atoms with van der Waals surface area (Å²) < 4.78 is 27.4. The molecule has 0 spiro atoms. The van der Waals surface area contributed by atoms with Crippen molar-refractivity contribution in [1.82, 2.24) is 9.62 Å². The van der Waals surface area contributed by atoms with Gasteiger partial charge in [-0.3, -0.25) is 4.79 Å². The summed E-state index contributed by atoms with van der Waals surface area (Å²) in [7, 11) is -3.63. The van der Waals surface area contributed by atoms with E-state index in [9.17, 15) is 13.2 Å². The standard InChI is InChI=1S/C19H28N2O3S/c22-19(20-16-10-4-1-2-5-11-16)18-14-8-9-15-21(18)25(23,24)17-12-6-3-7-13-17/h3,6-7,12-13,16,18H,1-2,4-5,8-11,14-15H2,(H,20,22)/t18-/m1/s1. The van der Waals surface area contributed by atoms with Gasteiger partial charge < -0.3 is 5.32 Å². The SMILES string of the molecule is O=C(NC1CCCCCC1)[C@H]1CCCCN1S(=O)(=O)c1ccccc1. The average molecular weight is 365 g/mol. The summed E-state index contributed by atoms with van der Waals surface area (Å²) in [5.74, 6) is -0.119. The second-order valence-electron chi connectivity index (χ2n) is 7.14. The van der Waals surface area contributed by atoms with E-state index < -0.39 is 16.1 Å². The fourth-order valence-electron chi connectivity index (χ4n) is 3.90. The van der Waals surface area contributed by atoms with Crippen LogP contribution in [0.25, 0.3) is 0 Å². The number of amides is 1. The van der Waals surface area contributed by atoms with Gasteiger partial charge in [-0.1, -0.05) is 50.3 Å². The Hall–Kier alpha value is -1.40. The van der Waals surface area contributed by atoms with Crippen molar-refractivity contribution >= 4 is 15.9 Å². The number of piperidine rings is 1. The van der Waals surface area contributed by atoms with Crippen LogP contribution in [0.1, 0.15) is 57.8 Å². The Kier molecular flexibility index (Phi) is 6.12. The van der Waals surface area contributed by atoms with Gasteiger partial charge in [-0.25, -0.2) is 8.42 Å². The number of hydrogen-bond donors (Lipinski definition) is 1. The Morgan fingerprint density at radius 2 is 1.56 bits per heavy atom. The fraction of sp³-hybridized carbons (Fsp3) is 0.632. The highest BCUT2D eigenvalue weighted by atomic mass is 32.2. The predicted octanol–water partition coefficient (Wildman–Crippen LogP) is 3.07. The van der Waals surface area contributed by atoms with Gasteiger partial charge >= 0.3 is 0 Å². The minimum Gasteiger partial charge on any atom is -0.352 e. The summed E-state index contributed by atoms with van der Waals surface area (Å²) in [6.07, 6.45) is 9.04. The summed E-state index contributed by atoms with van der Waals surface area (Å²) in [6.45, 7) is 0.417. The van der Waals surface area contributed by atoms with E-state index in [4.69, 9.17) is 0 Å². The molecule has 1 amide bonds. The lowest BCUT2D eigenvalue weighted by molar-refractivity contribution is -0.126. The minimum absolute atomic E-state index is 0.119. The Morgan fingerprint density at radius 1 is 0.920 bits per heavy atom. The lowest BCUT2D eigenvalue weighted by atomic mass is 10.0. The summed E-state index contributed by atoms with van der Waals surface area (Å²) in [5, 5.41) is 3.14. The lowest BCUT2D eigenvalue weighted by Gasteiger charge is -2.34. The Morgan fingerprint density at radius 3 is 2.24 bits per heavy atom. The summed E-state index contributed by atoms with van der Waals surface area (Å²) >= 11 is 0. The molecule has 0 aromatic heterocycles. The largest absolute Gasteiger partial charge is 0.352 e. The van der Waals surface area contributed by atoms with Crippen molar-refractivity contribution < 1.29 is 13.2 Å². The normalized spacial score (nSPS) is 23.8. The molecule has 2 aliphatic rings. The molecule has 25 heavy (non-hydrogen) atoms. The highest BCUT2D eigenvalue weighted by Gasteiger charge is 2.38. The molecule has 0 unspecified atom stereocenters. The van der Waals surface area contributed by atoms with Crippen LogP contribution in [0.4, 0.5) is 0 Å². The van der Waals surface area contributed by atoms with Crippen LogP contribution in [0.15, 0.2) is 35.2 Å². The number of benzene rings is 1. The Labute approximate surface area is 150 Å². The van der Waals surface area contributed by atoms with Gasteiger partial charge in [0.05, 0.1) is 4.90 Å². The number of nitrogens with one attached hydrogen (secondary N) is 1. The number of sulfonamides is 1. The Bertz CT molecular complexity index is 667. The molecule has 5 nitrogen and oxygen atoms in total. The van der Waals surface area contributed by atoms with Crippen LogP contribution in [-0.4, -0.2) is 37.3 Å². The van der Waals surface area contributed by atoms with Crippen molar-refractivity contribution in [3.63, 3.8) is 0 Å². The van der Waals surface area contributed by atoms with Gasteiger partial charge in [-0.2, -0.15) is 4.31 Å². The van der Waals surface area contributed by atoms with Crippen LogP contribution in [0.3, 0.4) is 0 Å². The molecular weight excluding hydrogens is 336 g/mol. The number of rotatable bonds is 4. The van der Waals surface area contributed by atoms with Crippen LogP contribution in [-0.2, 0) is 14.8 Å². The van der Waals surface area contributed by atoms with E-state index >= 15 is 0 Å². The maximum absolute atomic E-state index is 13.0. The smallest absolute Gasteiger partial charge is 0.243 e. The lowest BCUT2D eigenvalue weighted by Crippen LogP contribution is -2.53. The van der Waals surface area contributed by atoms with Crippen LogP contribution in [0, 0.1) is 0 Å². The van der Waals surface area contributed by atoms with E-state index in [1.165, 1.54) is 17.1 Å². The first-order valence-corrected chi connectivity index (χ1v) is 10.9. The molecule has 1 aromatic rings. The molecular formula is C19H28N2O3S. The minimum atomic E-state index is -3.63. The van der Waals surface area contributed by atoms with Crippen LogP contribution < -0.4 is 5.32 Å². The van der Waals surface area contributed by atoms with E-state index in [1.54, 1.807) is 30.3 Å². The third-order valence-electron chi connectivity index (χ3n) is 5.31. The summed E-state index contributed by atoms with van der Waals surface area (Å²) in [6, 6.07) is 8.05. The quantitative estimate of drug-likeness (QED) is 0.835. The zero-order valence-electron chi connectivity index (χ0n) is 14.7. The molecule has 1 atom stereocenters. The number of carbonyl (C=O) groups is 1. The third kappa shape index (κ3) is 4.42. The highest BCUT2D eigenvalue weighted by molar-refractivity contribution is 7.89. The van der Waals surface area contributed by atoms with Crippen LogP contribution in [0.5, 0.6) is 0 Å². The van der Waals surface area contributed by atoms with Gasteiger partial charge in [0, 0.05) is 12.6 Å².